The zero-order chi connectivity index (χ0) is 7.68. The van der Waals surface area contributed by atoms with Gasteiger partial charge >= 0.3 is 0 Å². The Morgan fingerprint density at radius 1 is 1.45 bits per heavy atom. The van der Waals surface area contributed by atoms with Crippen LogP contribution in [-0.2, 0) is 0 Å². The predicted octanol–water partition coefficient (Wildman–Crippen LogP) is 0.584. The molecule has 0 atom stereocenters. The molecule has 0 bridgehead atoms. The lowest BCUT2D eigenvalue weighted by molar-refractivity contribution is 0.607. The van der Waals surface area contributed by atoms with Crippen LogP contribution in [0.25, 0.3) is 0 Å². The lowest BCUT2D eigenvalue weighted by atomic mass is 10.3. The van der Waals surface area contributed by atoms with Gasteiger partial charge in [-0.05, 0) is 18.2 Å². The van der Waals surface area contributed by atoms with E-state index >= 15 is 0 Å². The van der Waals surface area contributed by atoms with Gasteiger partial charge in [0.2, 0.25) is 0 Å². The molecule has 0 spiro atoms. The first-order valence-electron chi connectivity index (χ1n) is 3.52. The molecule has 2 heterocycles. The van der Waals surface area contributed by atoms with Crippen LogP contribution in [-0.4, -0.2) is 17.3 Å². The molecule has 56 valence electrons. The van der Waals surface area contributed by atoms with Gasteiger partial charge in [0.05, 0.1) is 0 Å². The van der Waals surface area contributed by atoms with E-state index in [2.05, 4.69) is 4.99 Å². The number of nitrogens with two attached hydrogens (primary N) is 1. The van der Waals surface area contributed by atoms with Crippen molar-refractivity contribution in [2.45, 2.75) is 0 Å². The highest BCUT2D eigenvalue weighted by atomic mass is 15.2. The molecule has 3 nitrogen and oxygen atoms in total. The summed E-state index contributed by atoms with van der Waals surface area (Å²) < 4.78 is 0. The highest BCUT2D eigenvalue weighted by Crippen LogP contribution is 2.08. The van der Waals surface area contributed by atoms with Crippen molar-refractivity contribution in [2.75, 3.05) is 6.54 Å². The summed E-state index contributed by atoms with van der Waals surface area (Å²) in [6, 6.07) is 0. The molecule has 11 heavy (non-hydrogen) atoms. The normalized spacial score (nSPS) is 20.9. The van der Waals surface area contributed by atoms with E-state index in [0.717, 1.165) is 12.4 Å². The number of fused-ring (bicyclic) bond motifs is 1. The first kappa shape index (κ1) is 6.22. The Kier molecular flexibility index (Phi) is 1.28. The molecule has 0 fully saturated rings. The third kappa shape index (κ3) is 1.05. The molecule has 2 aliphatic heterocycles. The minimum atomic E-state index is 0.608. The Balaban J connectivity index is 2.33. The van der Waals surface area contributed by atoms with Crippen LogP contribution < -0.4 is 5.73 Å². The molecule has 0 radical (unpaired) electrons. The largest absolute Gasteiger partial charge is 0.384 e. The van der Waals surface area contributed by atoms with Gasteiger partial charge in [-0.15, -0.1) is 0 Å². The Morgan fingerprint density at radius 2 is 2.36 bits per heavy atom. The fraction of sp³-hybridized carbons (Fsp3) is 0.125. The lowest BCUT2D eigenvalue weighted by Crippen LogP contribution is -2.29. The summed E-state index contributed by atoms with van der Waals surface area (Å²) in [5, 5.41) is 0. The predicted molar refractivity (Wildman–Crippen MR) is 44.7 cm³/mol. The molecule has 0 aliphatic carbocycles. The number of aliphatic imine (C=N–C) groups is 1. The van der Waals surface area contributed by atoms with E-state index in [4.69, 9.17) is 5.73 Å². The number of hydrogen-bond donors (Lipinski definition) is 1. The maximum absolute atomic E-state index is 5.53. The van der Waals surface area contributed by atoms with Crippen molar-refractivity contribution < 1.29 is 0 Å². The summed E-state index contributed by atoms with van der Waals surface area (Å²) >= 11 is 0. The topological polar surface area (TPSA) is 41.6 Å². The van der Waals surface area contributed by atoms with Crippen molar-refractivity contribution in [1.29, 1.82) is 0 Å². The fourth-order valence-corrected chi connectivity index (χ4v) is 1.09. The van der Waals surface area contributed by atoms with Gasteiger partial charge in [0.25, 0.3) is 0 Å². The Hall–Kier alpha value is -1.51. The molecule has 0 aromatic carbocycles. The third-order valence-electron chi connectivity index (χ3n) is 1.66. The minimum absolute atomic E-state index is 0.608. The second kappa shape index (κ2) is 2.27. The molecule has 0 aromatic rings. The van der Waals surface area contributed by atoms with Crippen LogP contribution in [0.3, 0.4) is 0 Å². The minimum Gasteiger partial charge on any atom is -0.384 e. The molecular weight excluding hydrogens is 138 g/mol. The molecule has 0 amide bonds. The number of allylic oxidation sites excluding steroid dienone is 2. The maximum atomic E-state index is 5.53. The second-order valence-corrected chi connectivity index (χ2v) is 2.45. The van der Waals surface area contributed by atoms with Crippen molar-refractivity contribution in [3.8, 4) is 0 Å². The molecule has 0 saturated heterocycles. The summed E-state index contributed by atoms with van der Waals surface area (Å²) in [6.07, 6.45) is 9.76. The number of nitrogens with zero attached hydrogens (tertiary/aromatic N) is 2. The Labute approximate surface area is 65.2 Å². The van der Waals surface area contributed by atoms with Gasteiger partial charge in [-0.3, -0.25) is 0 Å². The van der Waals surface area contributed by atoms with E-state index in [0.29, 0.717) is 5.82 Å². The van der Waals surface area contributed by atoms with Gasteiger partial charge in [0.1, 0.15) is 11.7 Å². The van der Waals surface area contributed by atoms with E-state index in [1.165, 1.54) is 0 Å². The lowest BCUT2D eigenvalue weighted by Gasteiger charge is -2.23. The number of amidine groups is 1. The van der Waals surface area contributed by atoms with E-state index in [-0.39, 0.29) is 0 Å². The highest BCUT2D eigenvalue weighted by Gasteiger charge is 2.10. The molecule has 0 saturated carbocycles. The van der Waals surface area contributed by atoms with Crippen molar-refractivity contribution in [3.63, 3.8) is 0 Å². The molecule has 2 N–H and O–H groups in total. The zero-order valence-corrected chi connectivity index (χ0v) is 6.07. The van der Waals surface area contributed by atoms with Crippen LogP contribution in [0.1, 0.15) is 0 Å². The average Bonchev–Trinajstić information content (AvgIpc) is 2.04. The van der Waals surface area contributed by atoms with Gasteiger partial charge in [0, 0.05) is 12.7 Å². The van der Waals surface area contributed by atoms with E-state index in [1.54, 1.807) is 0 Å². The van der Waals surface area contributed by atoms with Crippen molar-refractivity contribution in [3.05, 3.63) is 36.3 Å². The average molecular weight is 147 g/mol. The number of rotatable bonds is 0. The van der Waals surface area contributed by atoms with Gasteiger partial charge in [-0.25, -0.2) is 4.99 Å². The highest BCUT2D eigenvalue weighted by molar-refractivity contribution is 5.96. The molecule has 0 unspecified atom stereocenters. The standard InChI is InChI=1S/C8H9N3/c9-7-4-6-11-5-2-1-3-8(11)10-7/h1-5H,6,9H2. The molecule has 3 heteroatoms. The smallest absolute Gasteiger partial charge is 0.135 e. The third-order valence-corrected chi connectivity index (χ3v) is 1.66. The summed E-state index contributed by atoms with van der Waals surface area (Å²) in [7, 11) is 0. The molecule has 0 aromatic heterocycles. The molecule has 2 rings (SSSR count). The van der Waals surface area contributed by atoms with Crippen molar-refractivity contribution in [2.24, 2.45) is 10.7 Å². The fourth-order valence-electron chi connectivity index (χ4n) is 1.09. The van der Waals surface area contributed by atoms with Gasteiger partial charge in [-0.1, -0.05) is 6.08 Å². The van der Waals surface area contributed by atoms with Crippen LogP contribution in [0, 0.1) is 0 Å². The zero-order valence-electron chi connectivity index (χ0n) is 6.07. The monoisotopic (exact) mass is 147 g/mol. The SMILES string of the molecule is NC1=CCN2C=CC=CC2=N1. The van der Waals surface area contributed by atoms with Crippen molar-refractivity contribution >= 4 is 5.84 Å². The molecule has 2 aliphatic rings. The van der Waals surface area contributed by atoms with Crippen LogP contribution in [0.2, 0.25) is 0 Å². The van der Waals surface area contributed by atoms with Gasteiger partial charge in [0.15, 0.2) is 0 Å². The summed E-state index contributed by atoms with van der Waals surface area (Å²) in [5.74, 6) is 1.53. The summed E-state index contributed by atoms with van der Waals surface area (Å²) in [6.45, 7) is 0.825. The van der Waals surface area contributed by atoms with Gasteiger partial charge < -0.3 is 10.6 Å². The van der Waals surface area contributed by atoms with E-state index < -0.39 is 0 Å². The first-order valence-corrected chi connectivity index (χ1v) is 3.52. The Bertz CT molecular complexity index is 284. The summed E-state index contributed by atoms with van der Waals surface area (Å²) in [5.41, 5.74) is 5.53. The van der Waals surface area contributed by atoms with E-state index in [9.17, 15) is 0 Å². The van der Waals surface area contributed by atoms with Crippen LogP contribution in [0.4, 0.5) is 0 Å². The quantitative estimate of drug-likeness (QED) is 0.544. The molecular formula is C8H9N3. The van der Waals surface area contributed by atoms with Crippen LogP contribution in [0.5, 0.6) is 0 Å². The van der Waals surface area contributed by atoms with Crippen LogP contribution in [0.15, 0.2) is 41.3 Å². The van der Waals surface area contributed by atoms with Crippen molar-refractivity contribution in [1.82, 2.24) is 4.90 Å². The number of hydrogen-bond acceptors (Lipinski definition) is 3. The van der Waals surface area contributed by atoms with Crippen LogP contribution >= 0.6 is 0 Å². The van der Waals surface area contributed by atoms with E-state index in [1.807, 2.05) is 35.4 Å². The Morgan fingerprint density at radius 3 is 3.27 bits per heavy atom. The second-order valence-electron chi connectivity index (χ2n) is 2.45. The first-order chi connectivity index (χ1) is 5.36. The van der Waals surface area contributed by atoms with Gasteiger partial charge in [-0.2, -0.15) is 0 Å². The maximum Gasteiger partial charge on any atom is 0.135 e. The summed E-state index contributed by atoms with van der Waals surface area (Å²) in [4.78, 5) is 6.19.